The molecule has 0 aromatic carbocycles. The van der Waals surface area contributed by atoms with E-state index in [9.17, 15) is 10.2 Å². The quantitative estimate of drug-likeness (QED) is 0.458. The van der Waals surface area contributed by atoms with Crippen molar-refractivity contribution >= 4 is 0 Å². The summed E-state index contributed by atoms with van der Waals surface area (Å²) < 4.78 is 0. The zero-order valence-electron chi connectivity index (χ0n) is 21.9. The molecule has 0 aromatic heterocycles. The van der Waals surface area contributed by atoms with Crippen molar-refractivity contribution in [2.24, 2.45) is 44.3 Å². The average molecular weight is 441 g/mol. The van der Waals surface area contributed by atoms with Crippen LogP contribution in [0.25, 0.3) is 0 Å². The molecule has 0 radical (unpaired) electrons. The summed E-state index contributed by atoms with van der Waals surface area (Å²) in [7, 11) is 0. The molecule has 5 aliphatic carbocycles. The first-order valence-electron chi connectivity index (χ1n) is 13.5. The van der Waals surface area contributed by atoms with E-state index in [1.54, 1.807) is 11.1 Å². The molecule has 5 aliphatic rings. The van der Waals surface area contributed by atoms with E-state index in [-0.39, 0.29) is 33.2 Å². The highest BCUT2D eigenvalue weighted by Crippen LogP contribution is 2.74. The van der Waals surface area contributed by atoms with E-state index in [0.29, 0.717) is 23.9 Å². The van der Waals surface area contributed by atoms with Crippen molar-refractivity contribution in [3.63, 3.8) is 0 Å². The summed E-state index contributed by atoms with van der Waals surface area (Å²) in [6, 6.07) is 0. The summed E-state index contributed by atoms with van der Waals surface area (Å²) in [6.45, 7) is 17.6. The van der Waals surface area contributed by atoms with Crippen LogP contribution in [0.1, 0.15) is 106 Å². The molecular weight excluding hydrogens is 392 g/mol. The van der Waals surface area contributed by atoms with E-state index in [4.69, 9.17) is 0 Å². The Labute approximate surface area is 197 Å². The Hall–Kier alpha value is -0.600. The molecule has 0 aromatic rings. The minimum atomic E-state index is -0.186. The van der Waals surface area contributed by atoms with E-state index in [1.807, 2.05) is 0 Å². The van der Waals surface area contributed by atoms with E-state index in [2.05, 4.69) is 60.6 Å². The van der Waals surface area contributed by atoms with Gasteiger partial charge in [-0.3, -0.25) is 0 Å². The fraction of sp³-hybridized carbons (Fsp3) is 0.867. The minimum absolute atomic E-state index is 0.0328. The van der Waals surface area contributed by atoms with Crippen LogP contribution in [-0.2, 0) is 0 Å². The lowest BCUT2D eigenvalue weighted by molar-refractivity contribution is -0.150. The molecule has 3 saturated carbocycles. The molecule has 0 aliphatic heterocycles. The van der Waals surface area contributed by atoms with Gasteiger partial charge in [-0.2, -0.15) is 0 Å². The lowest BCUT2D eigenvalue weighted by Gasteiger charge is -2.69. The van der Waals surface area contributed by atoms with Crippen LogP contribution in [-0.4, -0.2) is 22.9 Å². The summed E-state index contributed by atoms with van der Waals surface area (Å²) in [4.78, 5) is 0. The normalized spacial score (nSPS) is 54.3. The molecule has 0 unspecified atom stereocenters. The Kier molecular flexibility index (Phi) is 4.88. The topological polar surface area (TPSA) is 40.5 Å². The summed E-state index contributed by atoms with van der Waals surface area (Å²) in [5, 5.41) is 21.1. The molecule has 2 N–H and O–H groups in total. The summed E-state index contributed by atoms with van der Waals surface area (Å²) >= 11 is 0. The van der Waals surface area contributed by atoms with Crippen LogP contribution in [0.2, 0.25) is 0 Å². The van der Waals surface area contributed by atoms with Crippen LogP contribution >= 0.6 is 0 Å². The first kappa shape index (κ1) is 23.2. The highest BCUT2D eigenvalue weighted by Gasteiger charge is 2.65. The van der Waals surface area contributed by atoms with Gasteiger partial charge >= 0.3 is 0 Å². The largest absolute Gasteiger partial charge is 0.396 e. The molecule has 0 heterocycles. The zero-order chi connectivity index (χ0) is 23.4. The Bertz CT molecular complexity index is 868. The third-order valence-corrected chi connectivity index (χ3v) is 12.7. The Morgan fingerprint density at radius 1 is 0.844 bits per heavy atom. The van der Waals surface area contributed by atoms with Gasteiger partial charge in [-0.05, 0) is 113 Å². The van der Waals surface area contributed by atoms with Gasteiger partial charge in [0.2, 0.25) is 0 Å². The highest BCUT2D eigenvalue weighted by atomic mass is 16.3. The number of rotatable bonds is 1. The summed E-state index contributed by atoms with van der Waals surface area (Å²) in [6.07, 6.45) is 15.6. The maximum Gasteiger partial charge on any atom is 0.0594 e. The Balaban J connectivity index is 1.59. The number of allylic oxidation sites excluding steroid dienone is 4. The maximum atomic E-state index is 10.8. The first-order valence-corrected chi connectivity index (χ1v) is 13.5. The second-order valence-corrected chi connectivity index (χ2v) is 14.7. The molecular formula is C30H48O2. The number of aliphatic hydroxyl groups excluding tert-OH is 2. The van der Waals surface area contributed by atoms with Gasteiger partial charge < -0.3 is 10.2 Å². The SMILES string of the molecule is CC1(C)[C@@H](O)CC[C@]2(C)C3=CC[C@@]4(C)[C@@H]5C[C@](C)(CO)CC[C@]5(C)CC[C@]4(C)C3=CC[C@@H]12. The van der Waals surface area contributed by atoms with Crippen molar-refractivity contribution < 1.29 is 10.2 Å². The lowest BCUT2D eigenvalue weighted by Crippen LogP contribution is -2.61. The van der Waals surface area contributed by atoms with Gasteiger partial charge in [0.25, 0.3) is 0 Å². The Morgan fingerprint density at radius 3 is 2.22 bits per heavy atom. The highest BCUT2D eigenvalue weighted by molar-refractivity contribution is 5.49. The van der Waals surface area contributed by atoms with Crippen LogP contribution in [0.15, 0.2) is 23.3 Å². The predicted octanol–water partition coefficient (Wildman–Crippen LogP) is 7.06. The fourth-order valence-electron chi connectivity index (χ4n) is 9.81. The van der Waals surface area contributed by atoms with Crippen molar-refractivity contribution in [1.29, 1.82) is 0 Å². The first-order chi connectivity index (χ1) is 14.8. The second kappa shape index (κ2) is 6.75. The van der Waals surface area contributed by atoms with E-state index in [1.165, 1.54) is 38.5 Å². The average Bonchev–Trinajstić information content (AvgIpc) is 2.74. The van der Waals surface area contributed by atoms with Crippen molar-refractivity contribution in [3.05, 3.63) is 23.3 Å². The Morgan fingerprint density at radius 2 is 1.53 bits per heavy atom. The van der Waals surface area contributed by atoms with Crippen LogP contribution < -0.4 is 0 Å². The molecule has 0 spiro atoms. The maximum absolute atomic E-state index is 10.8. The van der Waals surface area contributed by atoms with E-state index >= 15 is 0 Å². The van der Waals surface area contributed by atoms with Crippen molar-refractivity contribution in [2.75, 3.05) is 6.61 Å². The van der Waals surface area contributed by atoms with Gasteiger partial charge in [-0.25, -0.2) is 0 Å². The summed E-state index contributed by atoms with van der Waals surface area (Å²) in [5.41, 5.74) is 4.40. The van der Waals surface area contributed by atoms with E-state index in [0.717, 1.165) is 19.3 Å². The van der Waals surface area contributed by atoms with Gasteiger partial charge in [0, 0.05) is 6.61 Å². The van der Waals surface area contributed by atoms with Crippen LogP contribution in [0.3, 0.4) is 0 Å². The third-order valence-electron chi connectivity index (χ3n) is 12.7. The molecule has 3 fully saturated rings. The second-order valence-electron chi connectivity index (χ2n) is 14.7. The molecule has 2 heteroatoms. The zero-order valence-corrected chi connectivity index (χ0v) is 21.9. The molecule has 32 heavy (non-hydrogen) atoms. The predicted molar refractivity (Wildman–Crippen MR) is 132 cm³/mol. The molecule has 8 atom stereocenters. The number of fused-ring (bicyclic) bond motifs is 7. The molecule has 2 nitrogen and oxygen atoms in total. The van der Waals surface area contributed by atoms with Gasteiger partial charge in [-0.15, -0.1) is 0 Å². The van der Waals surface area contributed by atoms with Crippen molar-refractivity contribution in [3.8, 4) is 0 Å². The molecule has 5 rings (SSSR count). The van der Waals surface area contributed by atoms with E-state index < -0.39 is 0 Å². The third kappa shape index (κ3) is 2.72. The van der Waals surface area contributed by atoms with Gasteiger partial charge in [0.05, 0.1) is 6.10 Å². The van der Waals surface area contributed by atoms with Gasteiger partial charge in [0.1, 0.15) is 0 Å². The van der Waals surface area contributed by atoms with Crippen LogP contribution in [0.4, 0.5) is 0 Å². The van der Waals surface area contributed by atoms with Crippen molar-refractivity contribution in [1.82, 2.24) is 0 Å². The van der Waals surface area contributed by atoms with Gasteiger partial charge in [-0.1, -0.05) is 60.6 Å². The summed E-state index contributed by atoms with van der Waals surface area (Å²) in [5.74, 6) is 1.18. The number of aliphatic hydroxyl groups is 2. The van der Waals surface area contributed by atoms with Crippen LogP contribution in [0, 0.1) is 44.3 Å². The molecule has 0 saturated heterocycles. The lowest BCUT2D eigenvalue weighted by atomic mass is 9.36. The monoisotopic (exact) mass is 440 g/mol. The number of hydrogen-bond donors (Lipinski definition) is 2. The van der Waals surface area contributed by atoms with Crippen LogP contribution in [0.5, 0.6) is 0 Å². The molecule has 0 bridgehead atoms. The molecule has 180 valence electrons. The fourth-order valence-corrected chi connectivity index (χ4v) is 9.81. The minimum Gasteiger partial charge on any atom is -0.396 e. The van der Waals surface area contributed by atoms with Gasteiger partial charge in [0.15, 0.2) is 0 Å². The van der Waals surface area contributed by atoms with Crippen molar-refractivity contribution in [2.45, 2.75) is 112 Å². The smallest absolute Gasteiger partial charge is 0.0594 e. The standard InChI is InChI=1S/C30H48O2/c1-25(2)22-9-8-21-20(28(22,5)12-11-24(25)32)10-13-30(7)23-18-26(3,19-31)14-15-27(23,4)16-17-29(21,30)6/h8,10,22-24,31-32H,9,11-19H2,1-7H3/t22-,23+,24-,26+,27+,28+,29+,30-/m0/s1. The number of hydrogen-bond acceptors (Lipinski definition) is 2. The molecule has 0 amide bonds.